The topological polar surface area (TPSA) is 115 Å². The first kappa shape index (κ1) is 16.8. The van der Waals surface area contributed by atoms with Crippen LogP contribution in [0.25, 0.3) is 0 Å². The summed E-state index contributed by atoms with van der Waals surface area (Å²) in [5, 5.41) is 34.1. The molecule has 2 aliphatic carbocycles. The third-order valence-electron chi connectivity index (χ3n) is 5.68. The van der Waals surface area contributed by atoms with E-state index in [1.165, 1.54) is 0 Å². The molecule has 0 fully saturated rings. The Morgan fingerprint density at radius 3 is 2.48 bits per heavy atom. The summed E-state index contributed by atoms with van der Waals surface area (Å²) in [4.78, 5) is 0. The monoisotopic (exact) mass is 332 g/mol. The van der Waals surface area contributed by atoms with Crippen LogP contribution in [0.1, 0.15) is 42.1 Å². The summed E-state index contributed by atoms with van der Waals surface area (Å²) in [6, 6.07) is 6.48. The van der Waals surface area contributed by atoms with Crippen molar-refractivity contribution in [3.8, 4) is 18.2 Å². The molecule has 2 aliphatic rings. The zero-order valence-electron chi connectivity index (χ0n) is 14.7. The van der Waals surface area contributed by atoms with Gasteiger partial charge in [-0.3, -0.25) is 4.68 Å². The van der Waals surface area contributed by atoms with Crippen LogP contribution < -0.4 is 5.73 Å². The Morgan fingerprint density at radius 1 is 1.28 bits per heavy atom. The van der Waals surface area contributed by atoms with Gasteiger partial charge < -0.3 is 5.73 Å². The van der Waals surface area contributed by atoms with Gasteiger partial charge in [0.15, 0.2) is 5.41 Å². The van der Waals surface area contributed by atoms with Gasteiger partial charge in [-0.1, -0.05) is 6.08 Å². The molecule has 0 saturated heterocycles. The van der Waals surface area contributed by atoms with Crippen molar-refractivity contribution in [2.45, 2.75) is 39.0 Å². The fourth-order valence-corrected chi connectivity index (χ4v) is 4.42. The number of nitriles is 3. The number of rotatable bonds is 1. The van der Waals surface area contributed by atoms with Gasteiger partial charge >= 0.3 is 0 Å². The van der Waals surface area contributed by atoms with E-state index in [1.54, 1.807) is 4.68 Å². The van der Waals surface area contributed by atoms with Crippen molar-refractivity contribution in [3.05, 3.63) is 39.9 Å². The molecule has 6 heteroatoms. The first-order valence-corrected chi connectivity index (χ1v) is 8.36. The van der Waals surface area contributed by atoms with Crippen LogP contribution in [0.5, 0.6) is 0 Å². The summed E-state index contributed by atoms with van der Waals surface area (Å²) in [5.74, 6) is -0.489. The quantitative estimate of drug-likeness (QED) is 0.848. The van der Waals surface area contributed by atoms with E-state index in [9.17, 15) is 15.8 Å². The summed E-state index contributed by atoms with van der Waals surface area (Å²) in [6.07, 6.45) is 4.73. The zero-order chi connectivity index (χ0) is 18.4. The molecule has 0 bridgehead atoms. The van der Waals surface area contributed by atoms with E-state index in [0.717, 1.165) is 41.8 Å². The molecule has 25 heavy (non-hydrogen) atoms. The lowest BCUT2D eigenvalue weighted by Gasteiger charge is -2.43. The maximum atomic E-state index is 9.99. The SMILES string of the molecule is Cc1nn(C)c(C)c1[C@H]1[C@H]2CCCC=C2C(C#N)=C(N)C1(C#N)C#N. The molecular weight excluding hydrogens is 312 g/mol. The van der Waals surface area contributed by atoms with Crippen LogP contribution in [0.15, 0.2) is 22.9 Å². The molecule has 3 rings (SSSR count). The van der Waals surface area contributed by atoms with Crippen LogP contribution in [0.3, 0.4) is 0 Å². The summed E-state index contributed by atoms with van der Waals surface area (Å²) < 4.78 is 1.77. The molecule has 0 aromatic carbocycles. The molecule has 0 aliphatic heterocycles. The number of nitrogens with zero attached hydrogens (tertiary/aromatic N) is 5. The molecule has 0 saturated carbocycles. The van der Waals surface area contributed by atoms with Crippen molar-refractivity contribution in [2.24, 2.45) is 24.1 Å². The number of aromatic nitrogens is 2. The van der Waals surface area contributed by atoms with E-state index in [4.69, 9.17) is 5.73 Å². The molecule has 6 nitrogen and oxygen atoms in total. The number of aryl methyl sites for hydroxylation is 2. The molecule has 126 valence electrons. The van der Waals surface area contributed by atoms with Crippen LogP contribution >= 0.6 is 0 Å². The highest BCUT2D eigenvalue weighted by molar-refractivity contribution is 5.59. The molecule has 0 spiro atoms. The zero-order valence-corrected chi connectivity index (χ0v) is 14.7. The summed E-state index contributed by atoms with van der Waals surface area (Å²) in [7, 11) is 1.85. The molecular formula is C19H20N6. The van der Waals surface area contributed by atoms with Gasteiger partial charge in [0.25, 0.3) is 0 Å². The van der Waals surface area contributed by atoms with Gasteiger partial charge in [-0.05, 0) is 44.6 Å². The Labute approximate surface area is 147 Å². The van der Waals surface area contributed by atoms with Crippen LogP contribution in [0.4, 0.5) is 0 Å². The van der Waals surface area contributed by atoms with Gasteiger partial charge in [0.2, 0.25) is 0 Å². The number of allylic oxidation sites excluding steroid dienone is 4. The number of nitrogens with two attached hydrogens (primary N) is 1. The average Bonchev–Trinajstić information content (AvgIpc) is 2.86. The van der Waals surface area contributed by atoms with E-state index in [2.05, 4.69) is 23.3 Å². The van der Waals surface area contributed by atoms with Crippen molar-refractivity contribution in [1.82, 2.24) is 9.78 Å². The first-order valence-electron chi connectivity index (χ1n) is 8.36. The van der Waals surface area contributed by atoms with Gasteiger partial charge in [0, 0.05) is 24.2 Å². The van der Waals surface area contributed by atoms with Crippen molar-refractivity contribution in [2.75, 3.05) is 0 Å². The molecule has 2 atom stereocenters. The van der Waals surface area contributed by atoms with Crippen LogP contribution in [-0.4, -0.2) is 9.78 Å². The predicted octanol–water partition coefficient (Wildman–Crippen LogP) is 2.63. The number of hydrogen-bond donors (Lipinski definition) is 1. The first-order chi connectivity index (χ1) is 11.9. The molecule has 0 radical (unpaired) electrons. The Hall–Kier alpha value is -3.04. The van der Waals surface area contributed by atoms with Crippen LogP contribution in [-0.2, 0) is 7.05 Å². The van der Waals surface area contributed by atoms with Gasteiger partial charge in [0.1, 0.15) is 6.07 Å². The van der Waals surface area contributed by atoms with Crippen molar-refractivity contribution in [1.29, 1.82) is 15.8 Å². The smallest absolute Gasteiger partial charge is 0.191 e. The highest BCUT2D eigenvalue weighted by Gasteiger charge is 2.55. The minimum absolute atomic E-state index is 0.0726. The van der Waals surface area contributed by atoms with E-state index in [1.807, 2.05) is 27.0 Å². The highest BCUT2D eigenvalue weighted by Crippen LogP contribution is 2.56. The Bertz CT molecular complexity index is 911. The lowest BCUT2D eigenvalue weighted by atomic mass is 9.56. The minimum Gasteiger partial charge on any atom is -0.399 e. The predicted molar refractivity (Wildman–Crippen MR) is 91.3 cm³/mol. The van der Waals surface area contributed by atoms with E-state index in [0.29, 0.717) is 5.57 Å². The average molecular weight is 332 g/mol. The lowest BCUT2D eigenvalue weighted by molar-refractivity contribution is 0.315. The van der Waals surface area contributed by atoms with Crippen molar-refractivity contribution in [3.63, 3.8) is 0 Å². The molecule has 1 aromatic heterocycles. The van der Waals surface area contributed by atoms with Crippen LogP contribution in [0.2, 0.25) is 0 Å². The molecule has 2 N–H and O–H groups in total. The second-order valence-electron chi connectivity index (χ2n) is 6.81. The molecule has 1 heterocycles. The highest BCUT2D eigenvalue weighted by atomic mass is 15.3. The summed E-state index contributed by atoms with van der Waals surface area (Å²) >= 11 is 0. The lowest BCUT2D eigenvalue weighted by Crippen LogP contribution is -2.43. The molecule has 1 aromatic rings. The largest absolute Gasteiger partial charge is 0.399 e. The summed E-state index contributed by atoms with van der Waals surface area (Å²) in [5.41, 5.74) is 8.64. The number of hydrogen-bond acceptors (Lipinski definition) is 5. The summed E-state index contributed by atoms with van der Waals surface area (Å²) in [6.45, 7) is 3.84. The van der Waals surface area contributed by atoms with Gasteiger partial charge in [-0.15, -0.1) is 0 Å². The normalized spacial score (nSPS) is 24.6. The minimum atomic E-state index is -1.55. The van der Waals surface area contributed by atoms with Gasteiger partial charge in [-0.25, -0.2) is 0 Å². The Balaban J connectivity index is 2.40. The Morgan fingerprint density at radius 2 is 1.96 bits per heavy atom. The Kier molecular flexibility index (Phi) is 3.90. The number of fused-ring (bicyclic) bond motifs is 1. The van der Waals surface area contributed by atoms with Gasteiger partial charge in [0.05, 0.1) is 29.1 Å². The molecule has 0 unspecified atom stereocenters. The fourth-order valence-electron chi connectivity index (χ4n) is 4.42. The van der Waals surface area contributed by atoms with E-state index < -0.39 is 11.3 Å². The third kappa shape index (κ3) is 2.10. The maximum absolute atomic E-state index is 9.99. The van der Waals surface area contributed by atoms with Crippen molar-refractivity contribution >= 4 is 0 Å². The third-order valence-corrected chi connectivity index (χ3v) is 5.68. The van der Waals surface area contributed by atoms with E-state index >= 15 is 0 Å². The standard InChI is InChI=1S/C19H20N6/c1-11-16(12(2)25(3)24-11)17-14-7-5-4-6-13(14)15(8-20)18(23)19(17,9-21)10-22/h6,14,17H,4-5,7,23H2,1-3H3/t14-,17+/m0/s1. The second kappa shape index (κ2) is 5.80. The second-order valence-corrected chi connectivity index (χ2v) is 6.81. The van der Waals surface area contributed by atoms with Crippen LogP contribution in [0, 0.1) is 59.2 Å². The molecule has 0 amide bonds. The van der Waals surface area contributed by atoms with E-state index in [-0.39, 0.29) is 11.6 Å². The van der Waals surface area contributed by atoms with Gasteiger partial charge in [-0.2, -0.15) is 20.9 Å². The van der Waals surface area contributed by atoms with Crippen molar-refractivity contribution < 1.29 is 0 Å². The maximum Gasteiger partial charge on any atom is 0.191 e. The fraction of sp³-hybridized carbons (Fsp3) is 0.474.